The van der Waals surface area contributed by atoms with E-state index in [2.05, 4.69) is 21.5 Å². The van der Waals surface area contributed by atoms with Gasteiger partial charge in [-0.1, -0.05) is 0 Å². The van der Waals surface area contributed by atoms with Gasteiger partial charge < -0.3 is 14.8 Å². The smallest absolute Gasteiger partial charge is 0.224 e. The van der Waals surface area contributed by atoms with E-state index in [1.165, 1.54) is 0 Å². The minimum Gasteiger partial charge on any atom is -0.475 e. The second kappa shape index (κ2) is 10.3. The summed E-state index contributed by atoms with van der Waals surface area (Å²) >= 11 is 0. The number of aryl methyl sites for hydroxylation is 2. The lowest BCUT2D eigenvalue weighted by molar-refractivity contribution is -0.116. The Labute approximate surface area is 159 Å². The molecule has 0 aromatic carbocycles. The molecule has 0 unspecified atom stereocenters. The van der Waals surface area contributed by atoms with E-state index in [1.807, 2.05) is 18.5 Å². The number of hydrogen-bond donors (Lipinski definition) is 1. The first-order valence-corrected chi connectivity index (χ1v) is 8.82. The molecule has 0 bridgehead atoms. The van der Waals surface area contributed by atoms with E-state index >= 15 is 0 Å². The number of nitriles is 1. The van der Waals surface area contributed by atoms with Gasteiger partial charge in [-0.2, -0.15) is 10.4 Å². The lowest BCUT2D eigenvalue weighted by Gasteiger charge is -2.08. The van der Waals surface area contributed by atoms with Crippen LogP contribution in [0.5, 0.6) is 5.88 Å². The average Bonchev–Trinajstić information content (AvgIpc) is 2.93. The predicted molar refractivity (Wildman–Crippen MR) is 100 cm³/mol. The van der Waals surface area contributed by atoms with Crippen LogP contribution >= 0.6 is 0 Å². The molecular weight excluding hydrogens is 346 g/mol. The van der Waals surface area contributed by atoms with Crippen molar-refractivity contribution in [2.75, 3.05) is 25.6 Å². The Morgan fingerprint density at radius 2 is 2.15 bits per heavy atom. The zero-order chi connectivity index (χ0) is 19.6. The van der Waals surface area contributed by atoms with E-state index in [-0.39, 0.29) is 5.91 Å². The SMILES string of the molecule is COCCOc1ccc(NC(=O)CCc2c(C)nn(CCC#N)c2C)cn1. The second-order valence-electron chi connectivity index (χ2n) is 6.06. The molecule has 2 heterocycles. The van der Waals surface area contributed by atoms with Crippen LogP contribution < -0.4 is 10.1 Å². The van der Waals surface area contributed by atoms with Gasteiger partial charge in [0.05, 0.1) is 43.2 Å². The van der Waals surface area contributed by atoms with Gasteiger partial charge >= 0.3 is 0 Å². The number of carbonyl (C=O) groups excluding carboxylic acids is 1. The first-order valence-electron chi connectivity index (χ1n) is 8.82. The molecule has 0 radical (unpaired) electrons. The van der Waals surface area contributed by atoms with Crippen molar-refractivity contribution in [3.05, 3.63) is 35.3 Å². The Morgan fingerprint density at radius 3 is 2.81 bits per heavy atom. The van der Waals surface area contributed by atoms with Gasteiger partial charge in [0.2, 0.25) is 11.8 Å². The van der Waals surface area contributed by atoms with Crippen LogP contribution in [0.25, 0.3) is 0 Å². The largest absolute Gasteiger partial charge is 0.475 e. The van der Waals surface area contributed by atoms with Gasteiger partial charge in [0.25, 0.3) is 0 Å². The third kappa shape index (κ3) is 6.08. The van der Waals surface area contributed by atoms with E-state index in [0.29, 0.717) is 50.6 Å². The maximum absolute atomic E-state index is 12.2. The number of nitrogens with zero attached hydrogens (tertiary/aromatic N) is 4. The molecule has 0 spiro atoms. The molecular formula is C19H25N5O3. The molecule has 2 rings (SSSR count). The molecule has 0 aliphatic rings. The summed E-state index contributed by atoms with van der Waals surface area (Å²) in [6, 6.07) is 5.58. The van der Waals surface area contributed by atoms with E-state index < -0.39 is 0 Å². The second-order valence-corrected chi connectivity index (χ2v) is 6.06. The molecule has 144 valence electrons. The number of pyridine rings is 1. The molecule has 2 aromatic rings. The average molecular weight is 371 g/mol. The van der Waals surface area contributed by atoms with Gasteiger partial charge in [0, 0.05) is 25.3 Å². The highest BCUT2D eigenvalue weighted by atomic mass is 16.5. The molecule has 0 aliphatic heterocycles. The van der Waals surface area contributed by atoms with Crippen molar-refractivity contribution in [1.82, 2.24) is 14.8 Å². The Bertz CT molecular complexity index is 793. The van der Waals surface area contributed by atoms with E-state index in [4.69, 9.17) is 14.7 Å². The number of anilines is 1. The maximum atomic E-state index is 12.2. The van der Waals surface area contributed by atoms with Crippen molar-refractivity contribution in [3.8, 4) is 11.9 Å². The zero-order valence-electron chi connectivity index (χ0n) is 16.0. The number of nitrogens with one attached hydrogen (secondary N) is 1. The van der Waals surface area contributed by atoms with Gasteiger partial charge in [0.15, 0.2) is 0 Å². The van der Waals surface area contributed by atoms with E-state index in [0.717, 1.165) is 17.0 Å². The molecule has 1 N–H and O–H groups in total. The van der Waals surface area contributed by atoms with Crippen molar-refractivity contribution in [3.63, 3.8) is 0 Å². The van der Waals surface area contributed by atoms with Gasteiger partial charge in [0.1, 0.15) is 6.61 Å². The van der Waals surface area contributed by atoms with Gasteiger partial charge in [-0.25, -0.2) is 4.98 Å². The minimum absolute atomic E-state index is 0.0894. The van der Waals surface area contributed by atoms with Crippen molar-refractivity contribution < 1.29 is 14.3 Å². The summed E-state index contributed by atoms with van der Waals surface area (Å²) in [5.41, 5.74) is 3.59. The topological polar surface area (TPSA) is 102 Å². The van der Waals surface area contributed by atoms with Crippen LogP contribution in [0.4, 0.5) is 5.69 Å². The van der Waals surface area contributed by atoms with Crippen LogP contribution in [0.2, 0.25) is 0 Å². The number of rotatable bonds is 10. The van der Waals surface area contributed by atoms with Gasteiger partial charge in [-0.05, 0) is 31.9 Å². The molecule has 0 fully saturated rings. The van der Waals surface area contributed by atoms with E-state index in [1.54, 1.807) is 25.4 Å². The van der Waals surface area contributed by atoms with Crippen LogP contribution in [-0.4, -0.2) is 41.0 Å². The predicted octanol–water partition coefficient (Wildman–Crippen LogP) is 2.41. The summed E-state index contributed by atoms with van der Waals surface area (Å²) in [4.78, 5) is 16.4. The number of amides is 1. The number of hydrogen-bond acceptors (Lipinski definition) is 6. The molecule has 0 saturated heterocycles. The highest BCUT2D eigenvalue weighted by molar-refractivity contribution is 5.90. The van der Waals surface area contributed by atoms with Crippen molar-refractivity contribution >= 4 is 11.6 Å². The summed E-state index contributed by atoms with van der Waals surface area (Å²) in [5.74, 6) is 0.398. The molecule has 8 heteroatoms. The summed E-state index contributed by atoms with van der Waals surface area (Å²) in [6.45, 7) is 5.38. The fourth-order valence-corrected chi connectivity index (χ4v) is 2.70. The summed E-state index contributed by atoms with van der Waals surface area (Å²) in [6.07, 6.45) is 2.93. The lowest BCUT2D eigenvalue weighted by atomic mass is 10.1. The van der Waals surface area contributed by atoms with Crippen LogP contribution in [0.15, 0.2) is 18.3 Å². The first kappa shape index (κ1) is 20.4. The van der Waals surface area contributed by atoms with Crippen molar-refractivity contribution in [1.29, 1.82) is 5.26 Å². The highest BCUT2D eigenvalue weighted by Gasteiger charge is 2.13. The lowest BCUT2D eigenvalue weighted by Crippen LogP contribution is -2.13. The molecule has 0 atom stereocenters. The summed E-state index contributed by atoms with van der Waals surface area (Å²) in [5, 5.41) is 16.0. The molecule has 0 aliphatic carbocycles. The number of methoxy groups -OCH3 is 1. The third-order valence-electron chi connectivity index (χ3n) is 4.13. The fourth-order valence-electron chi connectivity index (χ4n) is 2.70. The first-order chi connectivity index (χ1) is 13.0. The quantitative estimate of drug-likeness (QED) is 0.644. The van der Waals surface area contributed by atoms with Crippen molar-refractivity contribution in [2.45, 2.75) is 39.7 Å². The Hall–Kier alpha value is -2.92. The number of carbonyl (C=O) groups is 1. The highest BCUT2D eigenvalue weighted by Crippen LogP contribution is 2.17. The van der Waals surface area contributed by atoms with E-state index in [9.17, 15) is 4.79 Å². The minimum atomic E-state index is -0.0894. The number of ether oxygens (including phenoxy) is 2. The standard InChI is InChI=1S/C19H25N5O3/c1-14-17(15(2)24(23-14)10-4-9-20)6-7-18(25)22-16-5-8-19(21-13-16)27-12-11-26-3/h5,8,13H,4,6-7,10-12H2,1-3H3,(H,22,25). The molecule has 8 nitrogen and oxygen atoms in total. The molecule has 1 amide bonds. The summed E-state index contributed by atoms with van der Waals surface area (Å²) < 4.78 is 12.1. The van der Waals surface area contributed by atoms with Crippen molar-refractivity contribution in [2.24, 2.45) is 0 Å². The fraction of sp³-hybridized carbons (Fsp3) is 0.474. The monoisotopic (exact) mass is 371 g/mol. The normalized spacial score (nSPS) is 10.4. The molecule has 27 heavy (non-hydrogen) atoms. The Morgan fingerprint density at radius 1 is 1.33 bits per heavy atom. The Balaban J connectivity index is 1.86. The third-order valence-corrected chi connectivity index (χ3v) is 4.13. The molecule has 0 saturated carbocycles. The molecule has 2 aromatic heterocycles. The van der Waals surface area contributed by atoms with Crippen LogP contribution in [0.1, 0.15) is 29.8 Å². The van der Waals surface area contributed by atoms with Gasteiger partial charge in [-0.15, -0.1) is 0 Å². The zero-order valence-corrected chi connectivity index (χ0v) is 16.0. The summed E-state index contributed by atoms with van der Waals surface area (Å²) in [7, 11) is 1.61. The Kier molecular flexibility index (Phi) is 7.77. The van der Waals surface area contributed by atoms with Crippen LogP contribution in [0.3, 0.4) is 0 Å². The van der Waals surface area contributed by atoms with Gasteiger partial charge in [-0.3, -0.25) is 9.48 Å². The van der Waals surface area contributed by atoms with Crippen LogP contribution in [-0.2, 0) is 22.5 Å². The maximum Gasteiger partial charge on any atom is 0.224 e. The van der Waals surface area contributed by atoms with Crippen LogP contribution in [0, 0.1) is 25.2 Å². The number of aromatic nitrogens is 3.